The van der Waals surface area contributed by atoms with Gasteiger partial charge < -0.3 is 9.47 Å². The van der Waals surface area contributed by atoms with Gasteiger partial charge in [0.25, 0.3) is 0 Å². The molecule has 0 rings (SSSR count). The SMILES string of the molecule is CCCCCCCCCCCCCCCCCC(=O)OCCCCCCCCCCCCCCCC(C)C.CCCCCCCCCCCCCCCCCC(=O)OCCCCCCCCCCCCCCCC(C)C. The van der Waals surface area contributed by atoms with Crippen LogP contribution < -0.4 is 0 Å². The Morgan fingerprint density at radius 3 is 0.566 bits per heavy atom. The lowest BCUT2D eigenvalue weighted by Crippen LogP contribution is -2.05. The number of carbonyl (C=O) groups excluding carboxylic acids is 2. The van der Waals surface area contributed by atoms with Crippen LogP contribution >= 0.6 is 0 Å². The average Bonchev–Trinajstić information content (AvgIpc) is 3.40. The molecule has 0 aliphatic carbocycles. The predicted molar refractivity (Wildman–Crippen MR) is 340 cm³/mol. The molecule has 456 valence electrons. The molecule has 0 unspecified atom stereocenters. The minimum absolute atomic E-state index is 0.0274. The van der Waals surface area contributed by atoms with E-state index in [0.29, 0.717) is 26.1 Å². The number of carbonyl (C=O) groups is 2. The molecule has 0 heterocycles. The Morgan fingerprint density at radius 1 is 0.224 bits per heavy atom. The van der Waals surface area contributed by atoms with E-state index in [1.165, 1.54) is 347 Å². The molecule has 76 heavy (non-hydrogen) atoms. The highest BCUT2D eigenvalue weighted by Crippen LogP contribution is 2.19. The topological polar surface area (TPSA) is 52.6 Å². The molecule has 0 spiro atoms. The summed E-state index contributed by atoms with van der Waals surface area (Å²) in [6, 6.07) is 0. The minimum Gasteiger partial charge on any atom is -0.466 e. The fourth-order valence-electron chi connectivity index (χ4n) is 11.0. The number of hydrogen-bond acceptors (Lipinski definition) is 4. The number of ether oxygens (including phenoxy) is 2. The van der Waals surface area contributed by atoms with Crippen LogP contribution in [0.2, 0.25) is 0 Å². The third-order valence-corrected chi connectivity index (χ3v) is 16.3. The highest BCUT2D eigenvalue weighted by Gasteiger charge is 2.05. The summed E-state index contributed by atoms with van der Waals surface area (Å²) >= 11 is 0. The smallest absolute Gasteiger partial charge is 0.305 e. The number of rotatable bonds is 64. The van der Waals surface area contributed by atoms with Gasteiger partial charge in [0.2, 0.25) is 0 Å². The van der Waals surface area contributed by atoms with E-state index < -0.39 is 0 Å². The molecule has 0 aromatic rings. The molecule has 0 aliphatic heterocycles. The summed E-state index contributed by atoms with van der Waals surface area (Å²) in [4.78, 5) is 23.8. The first-order valence-corrected chi connectivity index (χ1v) is 35.6. The van der Waals surface area contributed by atoms with Gasteiger partial charge in [0, 0.05) is 12.8 Å². The molecule has 0 atom stereocenters. The van der Waals surface area contributed by atoms with E-state index in [0.717, 1.165) is 37.5 Å². The quantitative estimate of drug-likeness (QED) is 0.0450. The molecule has 0 fully saturated rings. The number of esters is 2. The highest BCUT2D eigenvalue weighted by molar-refractivity contribution is 5.69. The van der Waals surface area contributed by atoms with Crippen molar-refractivity contribution >= 4 is 11.9 Å². The molecule has 0 aromatic carbocycles. The van der Waals surface area contributed by atoms with Crippen LogP contribution in [0, 0.1) is 11.8 Å². The first-order valence-electron chi connectivity index (χ1n) is 35.6. The van der Waals surface area contributed by atoms with Crippen LogP contribution in [0.1, 0.15) is 427 Å². The van der Waals surface area contributed by atoms with Crippen molar-refractivity contribution < 1.29 is 19.1 Å². The van der Waals surface area contributed by atoms with E-state index >= 15 is 0 Å². The lowest BCUT2D eigenvalue weighted by molar-refractivity contribution is -0.144. The second-order valence-electron chi connectivity index (χ2n) is 25.4. The fraction of sp³-hybridized carbons (Fsp3) is 0.972. The van der Waals surface area contributed by atoms with E-state index in [-0.39, 0.29) is 11.9 Å². The van der Waals surface area contributed by atoms with Crippen LogP contribution in [0.4, 0.5) is 0 Å². The monoisotopic (exact) mass is 1070 g/mol. The lowest BCUT2D eigenvalue weighted by atomic mass is 10.0. The van der Waals surface area contributed by atoms with Crippen molar-refractivity contribution in [1.29, 1.82) is 0 Å². The van der Waals surface area contributed by atoms with Gasteiger partial charge in [-0.05, 0) is 37.5 Å². The molecule has 0 amide bonds. The maximum atomic E-state index is 11.9. The largest absolute Gasteiger partial charge is 0.466 e. The van der Waals surface area contributed by atoms with Crippen LogP contribution in [0.15, 0.2) is 0 Å². The van der Waals surface area contributed by atoms with Gasteiger partial charge in [0.05, 0.1) is 13.2 Å². The van der Waals surface area contributed by atoms with Crippen molar-refractivity contribution in [3.05, 3.63) is 0 Å². The minimum atomic E-state index is 0.0274. The summed E-state index contributed by atoms with van der Waals surface area (Å²) in [6.45, 7) is 15.2. The van der Waals surface area contributed by atoms with Crippen molar-refractivity contribution in [3.63, 3.8) is 0 Å². The first kappa shape index (κ1) is 77.0. The van der Waals surface area contributed by atoms with Gasteiger partial charge in [0.15, 0.2) is 0 Å². The van der Waals surface area contributed by atoms with Crippen LogP contribution in [0.3, 0.4) is 0 Å². The molecule has 0 aliphatic rings. The molecule has 4 heteroatoms. The van der Waals surface area contributed by atoms with Crippen molar-refractivity contribution in [2.24, 2.45) is 11.8 Å². The third-order valence-electron chi connectivity index (χ3n) is 16.3. The Kier molecular flexibility index (Phi) is 71.0. The summed E-state index contributed by atoms with van der Waals surface area (Å²) < 4.78 is 10.9. The Balaban J connectivity index is 0. The molecule has 0 aromatic heterocycles. The van der Waals surface area contributed by atoms with E-state index in [2.05, 4.69) is 41.5 Å². The van der Waals surface area contributed by atoms with Crippen molar-refractivity contribution in [1.82, 2.24) is 0 Å². The second kappa shape index (κ2) is 70.0. The van der Waals surface area contributed by atoms with E-state index in [9.17, 15) is 9.59 Å². The molecule has 0 bridgehead atoms. The molecule has 0 saturated heterocycles. The second-order valence-corrected chi connectivity index (χ2v) is 25.4. The van der Waals surface area contributed by atoms with Crippen molar-refractivity contribution in [2.45, 2.75) is 427 Å². The van der Waals surface area contributed by atoms with Crippen LogP contribution in [0.25, 0.3) is 0 Å². The van der Waals surface area contributed by atoms with Gasteiger partial charge in [0.1, 0.15) is 0 Å². The molecular formula is C72H144O4. The summed E-state index contributed by atoms with van der Waals surface area (Å²) in [6.07, 6.45) is 80.3. The molecule has 4 nitrogen and oxygen atoms in total. The third kappa shape index (κ3) is 75.0. The maximum Gasteiger partial charge on any atom is 0.305 e. The van der Waals surface area contributed by atoms with E-state index in [1.807, 2.05) is 0 Å². The molecule has 0 N–H and O–H groups in total. The summed E-state index contributed by atoms with van der Waals surface area (Å²) in [5.41, 5.74) is 0. The predicted octanol–water partition coefficient (Wildman–Crippen LogP) is 25.8. The van der Waals surface area contributed by atoms with Gasteiger partial charge in [-0.2, -0.15) is 0 Å². The van der Waals surface area contributed by atoms with Gasteiger partial charge in [-0.25, -0.2) is 0 Å². The van der Waals surface area contributed by atoms with E-state index in [4.69, 9.17) is 9.47 Å². The normalized spacial score (nSPS) is 11.5. The standard InChI is InChI=1S/2C36H72O2/c2*1-4-5-6-7-8-9-10-11-12-15-18-21-24-27-30-33-36(37)38-34-31-28-25-22-19-16-13-14-17-20-23-26-29-32-35(2)3/h2*35H,4-34H2,1-3H3. The van der Waals surface area contributed by atoms with Crippen LogP contribution in [-0.2, 0) is 19.1 Å². The highest BCUT2D eigenvalue weighted by atomic mass is 16.5. The Bertz CT molecular complexity index is 971. The Labute approximate surface area is 480 Å². The van der Waals surface area contributed by atoms with Crippen LogP contribution in [-0.4, -0.2) is 25.2 Å². The van der Waals surface area contributed by atoms with Gasteiger partial charge in [-0.1, -0.05) is 388 Å². The van der Waals surface area contributed by atoms with E-state index in [1.54, 1.807) is 0 Å². The zero-order chi connectivity index (χ0) is 55.6. The fourth-order valence-corrected chi connectivity index (χ4v) is 11.0. The number of hydrogen-bond donors (Lipinski definition) is 0. The van der Waals surface area contributed by atoms with Gasteiger partial charge in [-0.3, -0.25) is 9.59 Å². The number of unbranched alkanes of at least 4 members (excludes halogenated alkanes) is 52. The van der Waals surface area contributed by atoms with Crippen molar-refractivity contribution in [2.75, 3.05) is 13.2 Å². The maximum absolute atomic E-state index is 11.9. The van der Waals surface area contributed by atoms with Gasteiger partial charge >= 0.3 is 11.9 Å². The van der Waals surface area contributed by atoms with Crippen molar-refractivity contribution in [3.8, 4) is 0 Å². The molecule has 0 radical (unpaired) electrons. The molecular weight excluding hydrogens is 929 g/mol. The average molecular weight is 1070 g/mol. The summed E-state index contributed by atoms with van der Waals surface area (Å²) in [7, 11) is 0. The van der Waals surface area contributed by atoms with Gasteiger partial charge in [-0.15, -0.1) is 0 Å². The Hall–Kier alpha value is -1.06. The lowest BCUT2D eigenvalue weighted by Gasteiger charge is -2.06. The zero-order valence-electron chi connectivity index (χ0n) is 53.6. The summed E-state index contributed by atoms with van der Waals surface area (Å²) in [5, 5.41) is 0. The molecule has 0 saturated carbocycles. The zero-order valence-corrected chi connectivity index (χ0v) is 53.6. The first-order chi connectivity index (χ1) is 37.3. The van der Waals surface area contributed by atoms with Crippen LogP contribution in [0.5, 0.6) is 0 Å². The summed E-state index contributed by atoms with van der Waals surface area (Å²) in [5.74, 6) is 1.80. The Morgan fingerprint density at radius 2 is 0.382 bits per heavy atom.